The summed E-state index contributed by atoms with van der Waals surface area (Å²) >= 11 is 0. The number of hydrogen-bond donors (Lipinski definition) is 1. The molecule has 0 radical (unpaired) electrons. The van der Waals surface area contributed by atoms with E-state index in [1.807, 2.05) is 54.6 Å². The average molecular weight is 420 g/mol. The summed E-state index contributed by atoms with van der Waals surface area (Å²) in [7, 11) is 3.28. The molecule has 3 aromatic rings. The molecule has 31 heavy (non-hydrogen) atoms. The van der Waals surface area contributed by atoms with Crippen molar-refractivity contribution < 1.29 is 19.3 Å². The second-order valence-corrected chi connectivity index (χ2v) is 8.01. The van der Waals surface area contributed by atoms with Crippen molar-refractivity contribution in [1.29, 1.82) is 0 Å². The van der Waals surface area contributed by atoms with Gasteiger partial charge in [0.1, 0.15) is 11.4 Å². The lowest BCUT2D eigenvalue weighted by atomic mass is 9.81. The van der Waals surface area contributed by atoms with Gasteiger partial charge in [0, 0.05) is 18.8 Å². The maximum absolute atomic E-state index is 12.1. The first-order valence-electron chi connectivity index (χ1n) is 10.7. The van der Waals surface area contributed by atoms with Crippen molar-refractivity contribution in [1.82, 2.24) is 4.98 Å². The molecule has 5 nitrogen and oxygen atoms in total. The number of hydrogen-bond acceptors (Lipinski definition) is 5. The van der Waals surface area contributed by atoms with Crippen molar-refractivity contribution in [2.45, 2.75) is 43.8 Å². The number of aromatic nitrogens is 1. The van der Waals surface area contributed by atoms with Crippen molar-refractivity contribution in [2.75, 3.05) is 14.2 Å². The molecule has 162 valence electrons. The normalized spacial score (nSPS) is 16.0. The molecule has 1 atom stereocenters. The number of rotatable bonds is 8. The fourth-order valence-corrected chi connectivity index (χ4v) is 4.25. The van der Waals surface area contributed by atoms with Crippen molar-refractivity contribution in [3.63, 3.8) is 0 Å². The zero-order chi connectivity index (χ0) is 21.7. The van der Waals surface area contributed by atoms with E-state index in [0.717, 1.165) is 35.3 Å². The van der Waals surface area contributed by atoms with Gasteiger partial charge in [-0.3, -0.25) is 4.98 Å². The Morgan fingerprint density at radius 2 is 1.55 bits per heavy atom. The summed E-state index contributed by atoms with van der Waals surface area (Å²) in [6, 6.07) is 17.1. The summed E-state index contributed by atoms with van der Waals surface area (Å²) in [6.07, 6.45) is 8.55. The van der Waals surface area contributed by atoms with Crippen LogP contribution in [-0.4, -0.2) is 30.4 Å². The standard InChI is InChI=1S/C26H29NO4/c1-29-22-10-7-20(8-11-22)26(28,18-19-13-15-27-16-14-19)21-9-12-24(30-2)25(17-21)31-23-5-3-4-6-23/h7-17,23,28H,3-6,18H2,1-2H3. The van der Waals surface area contributed by atoms with Gasteiger partial charge in [-0.15, -0.1) is 0 Å². The predicted molar refractivity (Wildman–Crippen MR) is 120 cm³/mol. The molecule has 5 heteroatoms. The highest BCUT2D eigenvalue weighted by Gasteiger charge is 2.33. The summed E-state index contributed by atoms with van der Waals surface area (Å²) in [5, 5.41) is 12.1. The van der Waals surface area contributed by atoms with Crippen LogP contribution in [0.25, 0.3) is 0 Å². The molecule has 1 aromatic heterocycles. The molecule has 4 rings (SSSR count). The number of benzene rings is 2. The van der Waals surface area contributed by atoms with Crippen LogP contribution in [0.3, 0.4) is 0 Å². The van der Waals surface area contributed by atoms with Crippen LogP contribution in [-0.2, 0) is 12.0 Å². The molecule has 1 unspecified atom stereocenters. The smallest absolute Gasteiger partial charge is 0.161 e. The highest BCUT2D eigenvalue weighted by molar-refractivity contribution is 5.49. The van der Waals surface area contributed by atoms with Gasteiger partial charge in [-0.25, -0.2) is 0 Å². The molecule has 1 N–H and O–H groups in total. The summed E-state index contributed by atoms with van der Waals surface area (Å²) in [5.41, 5.74) is 1.26. The summed E-state index contributed by atoms with van der Waals surface area (Å²) in [5.74, 6) is 2.10. The maximum Gasteiger partial charge on any atom is 0.161 e. The van der Waals surface area contributed by atoms with Gasteiger partial charge in [0.15, 0.2) is 11.5 Å². The molecule has 1 aliphatic rings. The van der Waals surface area contributed by atoms with Crippen LogP contribution in [0.4, 0.5) is 0 Å². The van der Waals surface area contributed by atoms with E-state index < -0.39 is 5.60 Å². The second kappa shape index (κ2) is 9.40. The van der Waals surface area contributed by atoms with E-state index in [1.54, 1.807) is 26.6 Å². The molecule has 1 aliphatic carbocycles. The molecule has 0 aliphatic heterocycles. The Bertz CT molecular complexity index is 984. The van der Waals surface area contributed by atoms with Crippen molar-refractivity contribution in [2.24, 2.45) is 0 Å². The van der Waals surface area contributed by atoms with Crippen LogP contribution in [0.2, 0.25) is 0 Å². The molecule has 2 aromatic carbocycles. The Kier molecular flexibility index (Phi) is 6.42. The van der Waals surface area contributed by atoms with Gasteiger partial charge in [0.25, 0.3) is 0 Å². The minimum Gasteiger partial charge on any atom is -0.497 e. The third kappa shape index (κ3) is 4.67. The number of methoxy groups -OCH3 is 2. The van der Waals surface area contributed by atoms with Crippen molar-refractivity contribution in [3.05, 3.63) is 83.7 Å². The first-order valence-corrected chi connectivity index (χ1v) is 10.7. The molecular formula is C26H29NO4. The Morgan fingerprint density at radius 1 is 0.871 bits per heavy atom. The van der Waals surface area contributed by atoms with Gasteiger partial charge in [-0.1, -0.05) is 18.2 Å². The monoisotopic (exact) mass is 419 g/mol. The van der Waals surface area contributed by atoms with Crippen LogP contribution in [0.15, 0.2) is 67.0 Å². The average Bonchev–Trinajstić information content (AvgIpc) is 3.33. The third-order valence-corrected chi connectivity index (χ3v) is 6.01. The van der Waals surface area contributed by atoms with Gasteiger partial charge in [0.2, 0.25) is 0 Å². The molecule has 0 amide bonds. The van der Waals surface area contributed by atoms with E-state index in [1.165, 1.54) is 12.8 Å². The Hall–Kier alpha value is -3.05. The van der Waals surface area contributed by atoms with E-state index in [9.17, 15) is 5.11 Å². The van der Waals surface area contributed by atoms with Gasteiger partial charge in [0.05, 0.1) is 20.3 Å². The lowest BCUT2D eigenvalue weighted by molar-refractivity contribution is 0.0803. The molecule has 0 spiro atoms. The van der Waals surface area contributed by atoms with Gasteiger partial charge in [-0.2, -0.15) is 0 Å². The predicted octanol–water partition coefficient (Wildman–Crippen LogP) is 4.90. The zero-order valence-corrected chi connectivity index (χ0v) is 18.1. The highest BCUT2D eigenvalue weighted by Crippen LogP contribution is 2.40. The molecular weight excluding hydrogens is 390 g/mol. The lowest BCUT2D eigenvalue weighted by Crippen LogP contribution is -2.30. The second-order valence-electron chi connectivity index (χ2n) is 8.01. The highest BCUT2D eigenvalue weighted by atomic mass is 16.5. The van der Waals surface area contributed by atoms with Crippen LogP contribution in [0, 0.1) is 0 Å². The fourth-order valence-electron chi connectivity index (χ4n) is 4.25. The van der Waals surface area contributed by atoms with Crippen molar-refractivity contribution in [3.8, 4) is 17.2 Å². The molecule has 0 bridgehead atoms. The summed E-state index contributed by atoms with van der Waals surface area (Å²) < 4.78 is 17.1. The number of aliphatic hydroxyl groups is 1. The van der Waals surface area contributed by atoms with Crippen molar-refractivity contribution >= 4 is 0 Å². The van der Waals surface area contributed by atoms with E-state index >= 15 is 0 Å². The minimum atomic E-state index is -1.26. The third-order valence-electron chi connectivity index (χ3n) is 6.01. The van der Waals surface area contributed by atoms with E-state index in [2.05, 4.69) is 4.98 Å². The van der Waals surface area contributed by atoms with E-state index in [0.29, 0.717) is 17.9 Å². The topological polar surface area (TPSA) is 60.8 Å². The fraction of sp³-hybridized carbons (Fsp3) is 0.346. The van der Waals surface area contributed by atoms with Crippen LogP contribution in [0.5, 0.6) is 17.2 Å². The SMILES string of the molecule is COc1ccc(C(O)(Cc2ccncc2)c2ccc(OC)c(OC3CCCC3)c2)cc1. The lowest BCUT2D eigenvalue weighted by Gasteiger charge is -2.31. The number of pyridine rings is 1. The van der Waals surface area contributed by atoms with E-state index in [-0.39, 0.29) is 6.10 Å². The molecule has 1 heterocycles. The Balaban J connectivity index is 1.76. The quantitative estimate of drug-likeness (QED) is 0.563. The zero-order valence-electron chi connectivity index (χ0n) is 18.1. The maximum atomic E-state index is 12.1. The van der Waals surface area contributed by atoms with Gasteiger partial charge >= 0.3 is 0 Å². The summed E-state index contributed by atoms with van der Waals surface area (Å²) in [4.78, 5) is 4.10. The number of nitrogens with zero attached hydrogens (tertiary/aromatic N) is 1. The Morgan fingerprint density at radius 3 is 2.19 bits per heavy atom. The van der Waals surface area contributed by atoms with Gasteiger partial charge in [-0.05, 0) is 78.8 Å². The van der Waals surface area contributed by atoms with Crippen LogP contribution >= 0.6 is 0 Å². The summed E-state index contributed by atoms with van der Waals surface area (Å²) in [6.45, 7) is 0. The molecule has 1 fully saturated rings. The first-order chi connectivity index (χ1) is 15.1. The van der Waals surface area contributed by atoms with Crippen LogP contribution in [0.1, 0.15) is 42.4 Å². The number of ether oxygens (including phenoxy) is 3. The van der Waals surface area contributed by atoms with E-state index in [4.69, 9.17) is 14.2 Å². The van der Waals surface area contributed by atoms with Gasteiger partial charge < -0.3 is 19.3 Å². The molecule has 1 saturated carbocycles. The minimum absolute atomic E-state index is 0.193. The van der Waals surface area contributed by atoms with Crippen LogP contribution < -0.4 is 14.2 Å². The molecule has 0 saturated heterocycles. The largest absolute Gasteiger partial charge is 0.497 e. The first kappa shape index (κ1) is 21.2. The Labute approximate surface area is 183 Å².